The maximum Gasteiger partial charge on any atom is 0.118 e. The third kappa shape index (κ3) is 3.01. The van der Waals surface area contributed by atoms with Gasteiger partial charge in [-0.25, -0.2) is 4.98 Å². The first-order valence-electron chi connectivity index (χ1n) is 8.48. The van der Waals surface area contributed by atoms with E-state index in [0.717, 1.165) is 50.7 Å². The van der Waals surface area contributed by atoms with Crippen LogP contribution in [0.15, 0.2) is 35.1 Å². The molecular weight excluding hydrogens is 302 g/mol. The van der Waals surface area contributed by atoms with Crippen molar-refractivity contribution in [3.63, 3.8) is 0 Å². The lowest BCUT2D eigenvalue weighted by Gasteiger charge is -2.18. The molecule has 0 bridgehead atoms. The van der Waals surface area contributed by atoms with Crippen molar-refractivity contribution in [2.75, 3.05) is 13.1 Å². The summed E-state index contributed by atoms with van der Waals surface area (Å²) in [6.45, 7) is 8.75. The number of aromatic nitrogens is 4. The SMILES string of the molecule is Cc1cc(CN2CCc3ncc(Cn4cccn4)n3CC2)oc1C. The van der Waals surface area contributed by atoms with E-state index in [1.54, 1.807) is 0 Å². The van der Waals surface area contributed by atoms with Crippen molar-refractivity contribution < 1.29 is 4.42 Å². The summed E-state index contributed by atoms with van der Waals surface area (Å²) in [6.07, 6.45) is 6.77. The number of nitrogens with zero attached hydrogens (tertiary/aromatic N) is 5. The lowest BCUT2D eigenvalue weighted by atomic mass is 10.2. The molecule has 4 heterocycles. The summed E-state index contributed by atoms with van der Waals surface area (Å²) >= 11 is 0. The highest BCUT2D eigenvalue weighted by Gasteiger charge is 2.18. The van der Waals surface area contributed by atoms with Crippen LogP contribution in [0.1, 0.15) is 28.6 Å². The molecule has 3 aromatic heterocycles. The molecule has 0 unspecified atom stereocenters. The minimum absolute atomic E-state index is 0.774. The Balaban J connectivity index is 1.45. The van der Waals surface area contributed by atoms with Crippen LogP contribution in [0.3, 0.4) is 0 Å². The predicted molar refractivity (Wildman–Crippen MR) is 90.7 cm³/mol. The molecule has 0 spiro atoms. The van der Waals surface area contributed by atoms with Crippen molar-refractivity contribution in [1.29, 1.82) is 0 Å². The van der Waals surface area contributed by atoms with E-state index in [2.05, 4.69) is 32.5 Å². The normalized spacial score (nSPS) is 15.4. The monoisotopic (exact) mass is 325 g/mol. The van der Waals surface area contributed by atoms with Gasteiger partial charge < -0.3 is 8.98 Å². The van der Waals surface area contributed by atoms with E-state index >= 15 is 0 Å². The van der Waals surface area contributed by atoms with Gasteiger partial charge in [-0.15, -0.1) is 0 Å². The standard InChI is InChI=1S/C18H23N5O/c1-14-10-17(24-15(14)2)13-21-7-4-18-19-11-16(23(18)9-8-21)12-22-6-3-5-20-22/h3,5-6,10-11H,4,7-9,12-13H2,1-2H3. The molecule has 0 fully saturated rings. The molecule has 126 valence electrons. The Morgan fingerprint density at radius 1 is 1.17 bits per heavy atom. The molecule has 0 saturated heterocycles. The van der Waals surface area contributed by atoms with Gasteiger partial charge in [-0.05, 0) is 31.5 Å². The van der Waals surface area contributed by atoms with E-state index in [-0.39, 0.29) is 0 Å². The van der Waals surface area contributed by atoms with E-state index in [0.29, 0.717) is 0 Å². The van der Waals surface area contributed by atoms with Crippen molar-refractivity contribution in [3.8, 4) is 0 Å². The van der Waals surface area contributed by atoms with Gasteiger partial charge in [0.1, 0.15) is 17.3 Å². The van der Waals surface area contributed by atoms with E-state index < -0.39 is 0 Å². The molecular formula is C18H23N5O. The number of furan rings is 1. The molecule has 4 rings (SSSR count). The zero-order valence-corrected chi connectivity index (χ0v) is 14.3. The largest absolute Gasteiger partial charge is 0.465 e. The maximum absolute atomic E-state index is 5.83. The maximum atomic E-state index is 5.83. The van der Waals surface area contributed by atoms with Crippen LogP contribution >= 0.6 is 0 Å². The summed E-state index contributed by atoms with van der Waals surface area (Å²) in [5.41, 5.74) is 2.45. The summed E-state index contributed by atoms with van der Waals surface area (Å²) in [4.78, 5) is 7.08. The second-order valence-electron chi connectivity index (χ2n) is 6.50. The van der Waals surface area contributed by atoms with Gasteiger partial charge in [-0.3, -0.25) is 9.58 Å². The van der Waals surface area contributed by atoms with E-state index in [1.165, 1.54) is 17.1 Å². The number of rotatable bonds is 4. The summed E-state index contributed by atoms with van der Waals surface area (Å²) in [7, 11) is 0. The molecule has 0 N–H and O–H groups in total. The Hall–Kier alpha value is -2.34. The van der Waals surface area contributed by atoms with Crippen molar-refractivity contribution >= 4 is 0 Å². The van der Waals surface area contributed by atoms with Crippen molar-refractivity contribution in [2.24, 2.45) is 0 Å². The first-order chi connectivity index (χ1) is 11.7. The second kappa shape index (κ2) is 6.28. The Kier molecular flexibility index (Phi) is 3.98. The fraction of sp³-hybridized carbons (Fsp3) is 0.444. The van der Waals surface area contributed by atoms with E-state index in [1.807, 2.05) is 36.3 Å². The number of imidazole rings is 1. The van der Waals surface area contributed by atoms with Gasteiger partial charge in [-0.1, -0.05) is 0 Å². The third-order valence-corrected chi connectivity index (χ3v) is 4.79. The van der Waals surface area contributed by atoms with Gasteiger partial charge in [0.2, 0.25) is 0 Å². The average molecular weight is 325 g/mol. The van der Waals surface area contributed by atoms with Crippen molar-refractivity contribution in [1.82, 2.24) is 24.2 Å². The molecule has 3 aromatic rings. The van der Waals surface area contributed by atoms with Crippen LogP contribution < -0.4 is 0 Å². The lowest BCUT2D eigenvalue weighted by Crippen LogP contribution is -2.26. The Morgan fingerprint density at radius 3 is 2.83 bits per heavy atom. The van der Waals surface area contributed by atoms with Crippen molar-refractivity contribution in [3.05, 3.63) is 59.3 Å². The van der Waals surface area contributed by atoms with Crippen LogP contribution in [0.25, 0.3) is 0 Å². The highest BCUT2D eigenvalue weighted by Crippen LogP contribution is 2.18. The molecule has 1 aliphatic heterocycles. The summed E-state index contributed by atoms with van der Waals surface area (Å²) < 4.78 is 10.1. The molecule has 1 aliphatic rings. The molecule has 0 amide bonds. The molecule has 6 heteroatoms. The molecule has 0 radical (unpaired) electrons. The molecule has 0 aromatic carbocycles. The number of fused-ring (bicyclic) bond motifs is 1. The first-order valence-corrected chi connectivity index (χ1v) is 8.48. The summed E-state index contributed by atoms with van der Waals surface area (Å²) in [6, 6.07) is 4.11. The van der Waals surface area contributed by atoms with Gasteiger partial charge in [0.15, 0.2) is 0 Å². The molecule has 0 saturated carbocycles. The van der Waals surface area contributed by atoms with Crippen LogP contribution in [-0.4, -0.2) is 37.3 Å². The van der Waals surface area contributed by atoms with Gasteiger partial charge >= 0.3 is 0 Å². The quantitative estimate of drug-likeness (QED) is 0.739. The van der Waals surface area contributed by atoms with Gasteiger partial charge in [0, 0.05) is 38.4 Å². The number of hydrogen-bond acceptors (Lipinski definition) is 4. The minimum atomic E-state index is 0.774. The Labute approximate surface area is 141 Å². The summed E-state index contributed by atoms with van der Waals surface area (Å²) in [5.74, 6) is 3.25. The van der Waals surface area contributed by atoms with Crippen LogP contribution in [-0.2, 0) is 26.1 Å². The van der Waals surface area contributed by atoms with Gasteiger partial charge in [0.25, 0.3) is 0 Å². The fourth-order valence-corrected chi connectivity index (χ4v) is 3.33. The van der Waals surface area contributed by atoms with Crippen LogP contribution in [0.4, 0.5) is 0 Å². The van der Waals surface area contributed by atoms with E-state index in [9.17, 15) is 0 Å². The van der Waals surface area contributed by atoms with Crippen molar-refractivity contribution in [2.45, 2.75) is 39.9 Å². The van der Waals surface area contributed by atoms with Gasteiger partial charge in [-0.2, -0.15) is 5.10 Å². The fourth-order valence-electron chi connectivity index (χ4n) is 3.33. The number of hydrogen-bond donors (Lipinski definition) is 0. The molecule has 6 nitrogen and oxygen atoms in total. The number of aryl methyl sites for hydroxylation is 2. The summed E-state index contributed by atoms with van der Waals surface area (Å²) in [5, 5.41) is 4.30. The van der Waals surface area contributed by atoms with Crippen LogP contribution in [0.5, 0.6) is 0 Å². The highest BCUT2D eigenvalue weighted by atomic mass is 16.3. The first kappa shape index (κ1) is 15.2. The van der Waals surface area contributed by atoms with Crippen LogP contribution in [0.2, 0.25) is 0 Å². The zero-order valence-electron chi connectivity index (χ0n) is 14.3. The average Bonchev–Trinajstić information content (AvgIpc) is 3.23. The second-order valence-corrected chi connectivity index (χ2v) is 6.50. The molecule has 24 heavy (non-hydrogen) atoms. The minimum Gasteiger partial charge on any atom is -0.465 e. The van der Waals surface area contributed by atoms with Gasteiger partial charge in [0.05, 0.1) is 25.0 Å². The smallest absolute Gasteiger partial charge is 0.118 e. The van der Waals surface area contributed by atoms with E-state index in [4.69, 9.17) is 4.42 Å². The van der Waals surface area contributed by atoms with Crippen LogP contribution in [0, 0.1) is 13.8 Å². The Bertz CT molecular complexity index is 795. The topological polar surface area (TPSA) is 52.0 Å². The highest BCUT2D eigenvalue weighted by molar-refractivity contribution is 5.18. The predicted octanol–water partition coefficient (Wildman–Crippen LogP) is 2.40. The Morgan fingerprint density at radius 2 is 2.08 bits per heavy atom. The molecule has 0 aliphatic carbocycles. The molecule has 0 atom stereocenters. The third-order valence-electron chi connectivity index (χ3n) is 4.79. The lowest BCUT2D eigenvalue weighted by molar-refractivity contribution is 0.246. The zero-order chi connectivity index (χ0) is 16.5.